The lowest BCUT2D eigenvalue weighted by Crippen LogP contribution is -2.43. The van der Waals surface area contributed by atoms with Gasteiger partial charge in [0.1, 0.15) is 0 Å². The van der Waals surface area contributed by atoms with E-state index in [0.29, 0.717) is 0 Å². The first-order chi connectivity index (χ1) is 9.49. The first kappa shape index (κ1) is 13.6. The van der Waals surface area contributed by atoms with E-state index in [-0.39, 0.29) is 16.9 Å². The molecular weight excluding hydrogens is 248 g/mol. The number of amides is 1. The Bertz CT molecular complexity index is 487. The van der Waals surface area contributed by atoms with Crippen molar-refractivity contribution in [2.45, 2.75) is 45.2 Å². The van der Waals surface area contributed by atoms with Gasteiger partial charge in [0.15, 0.2) is 0 Å². The molecule has 0 bridgehead atoms. The fourth-order valence-electron chi connectivity index (χ4n) is 3.80. The maximum Gasteiger partial charge on any atom is 0.226 e. The Balaban J connectivity index is 1.61. The quantitative estimate of drug-likeness (QED) is 0.897. The van der Waals surface area contributed by atoms with Gasteiger partial charge in [0.25, 0.3) is 0 Å². The van der Waals surface area contributed by atoms with E-state index < -0.39 is 0 Å². The summed E-state index contributed by atoms with van der Waals surface area (Å²) in [7, 11) is 0. The van der Waals surface area contributed by atoms with Gasteiger partial charge in [-0.3, -0.25) is 9.69 Å². The van der Waals surface area contributed by atoms with Crippen molar-refractivity contribution >= 4 is 5.91 Å². The maximum absolute atomic E-state index is 12.3. The van der Waals surface area contributed by atoms with E-state index in [2.05, 4.69) is 54.4 Å². The highest BCUT2D eigenvalue weighted by atomic mass is 16.2. The fourth-order valence-corrected chi connectivity index (χ4v) is 3.80. The fraction of sp³-hybridized carbons (Fsp3) is 0.588. The van der Waals surface area contributed by atoms with Crippen LogP contribution in [0.2, 0.25) is 0 Å². The summed E-state index contributed by atoms with van der Waals surface area (Å²) in [5.74, 6) is 0.280. The summed E-state index contributed by atoms with van der Waals surface area (Å²) < 4.78 is 0. The Kier molecular flexibility index (Phi) is 3.33. The number of hydrogen-bond donors (Lipinski definition) is 1. The molecule has 0 aromatic heterocycles. The second-order valence-corrected chi connectivity index (χ2v) is 7.06. The molecule has 0 unspecified atom stereocenters. The van der Waals surface area contributed by atoms with Gasteiger partial charge in [-0.05, 0) is 51.8 Å². The molecule has 0 atom stereocenters. The Morgan fingerprint density at radius 2 is 1.80 bits per heavy atom. The number of nitrogens with zero attached hydrogens (tertiary/aromatic N) is 1. The van der Waals surface area contributed by atoms with Crippen molar-refractivity contribution in [1.29, 1.82) is 0 Å². The minimum Gasteiger partial charge on any atom is -0.351 e. The lowest BCUT2D eigenvalue weighted by Gasteiger charge is -2.37. The molecule has 1 amide bonds. The lowest BCUT2D eigenvalue weighted by molar-refractivity contribution is -0.130. The number of carbonyl (C=O) groups excluding carboxylic acids is 1. The predicted octanol–water partition coefficient (Wildman–Crippen LogP) is 2.57. The molecule has 2 fully saturated rings. The molecule has 2 aliphatic heterocycles. The summed E-state index contributed by atoms with van der Waals surface area (Å²) in [6.07, 6.45) is 2.97. The molecule has 3 heteroatoms. The van der Waals surface area contributed by atoms with Crippen molar-refractivity contribution in [1.82, 2.24) is 10.2 Å². The predicted molar refractivity (Wildman–Crippen MR) is 80.2 cm³/mol. The maximum atomic E-state index is 12.3. The van der Waals surface area contributed by atoms with Crippen molar-refractivity contribution in [2.75, 3.05) is 13.1 Å². The van der Waals surface area contributed by atoms with Gasteiger partial charge in [-0.25, -0.2) is 0 Å². The Labute approximate surface area is 121 Å². The van der Waals surface area contributed by atoms with Gasteiger partial charge in [-0.15, -0.1) is 0 Å². The summed E-state index contributed by atoms with van der Waals surface area (Å²) in [4.78, 5) is 14.8. The van der Waals surface area contributed by atoms with Gasteiger partial charge in [-0.2, -0.15) is 0 Å². The van der Waals surface area contributed by atoms with Gasteiger partial charge in [-0.1, -0.05) is 30.3 Å². The number of rotatable bonds is 2. The molecule has 2 heterocycles. The van der Waals surface area contributed by atoms with Crippen LogP contribution in [0.15, 0.2) is 30.3 Å². The standard InChI is InChI=1S/C17H24N2O/c1-16(2)13-17(15(20)18-16)8-10-19(11-9-17)12-14-6-4-3-5-7-14/h3-7H,8-13H2,1-2H3,(H,18,20). The van der Waals surface area contributed by atoms with Gasteiger partial charge in [0.2, 0.25) is 5.91 Å². The van der Waals surface area contributed by atoms with Crippen molar-refractivity contribution in [3.8, 4) is 0 Å². The zero-order chi connectivity index (χ0) is 14.2. The summed E-state index contributed by atoms with van der Waals surface area (Å²) in [6, 6.07) is 10.6. The number of likely N-dealkylation sites (tertiary alicyclic amines) is 1. The van der Waals surface area contributed by atoms with E-state index in [0.717, 1.165) is 38.9 Å². The number of benzene rings is 1. The van der Waals surface area contributed by atoms with E-state index in [1.165, 1.54) is 5.56 Å². The number of carbonyl (C=O) groups is 1. The Hall–Kier alpha value is -1.35. The van der Waals surface area contributed by atoms with E-state index in [1.54, 1.807) is 0 Å². The van der Waals surface area contributed by atoms with Crippen molar-refractivity contribution < 1.29 is 4.79 Å². The molecule has 1 aromatic carbocycles. The number of hydrogen-bond acceptors (Lipinski definition) is 2. The highest BCUT2D eigenvalue weighted by molar-refractivity contribution is 5.86. The highest BCUT2D eigenvalue weighted by Gasteiger charge is 2.51. The van der Waals surface area contributed by atoms with Gasteiger partial charge in [0, 0.05) is 12.1 Å². The molecule has 1 spiro atoms. The third kappa shape index (κ3) is 2.59. The van der Waals surface area contributed by atoms with Crippen LogP contribution in [0.25, 0.3) is 0 Å². The van der Waals surface area contributed by atoms with Crippen molar-refractivity contribution in [3.05, 3.63) is 35.9 Å². The van der Waals surface area contributed by atoms with Crippen LogP contribution in [-0.4, -0.2) is 29.4 Å². The van der Waals surface area contributed by atoms with Crippen LogP contribution in [0.4, 0.5) is 0 Å². The smallest absolute Gasteiger partial charge is 0.226 e. The van der Waals surface area contributed by atoms with E-state index in [4.69, 9.17) is 0 Å². The normalized spacial score (nSPS) is 24.8. The molecule has 0 saturated carbocycles. The number of piperidine rings is 1. The van der Waals surface area contributed by atoms with Crippen LogP contribution in [0.5, 0.6) is 0 Å². The summed E-state index contributed by atoms with van der Waals surface area (Å²) >= 11 is 0. The monoisotopic (exact) mass is 272 g/mol. The van der Waals surface area contributed by atoms with Crippen LogP contribution in [0.1, 0.15) is 38.7 Å². The molecule has 2 saturated heterocycles. The summed E-state index contributed by atoms with van der Waals surface area (Å²) in [5, 5.41) is 3.16. The average molecular weight is 272 g/mol. The highest BCUT2D eigenvalue weighted by Crippen LogP contribution is 2.44. The first-order valence-corrected chi connectivity index (χ1v) is 7.58. The van der Waals surface area contributed by atoms with Crippen LogP contribution in [0.3, 0.4) is 0 Å². The molecule has 1 N–H and O–H groups in total. The minimum absolute atomic E-state index is 0.0291. The van der Waals surface area contributed by atoms with Crippen LogP contribution >= 0.6 is 0 Å². The molecule has 0 radical (unpaired) electrons. The van der Waals surface area contributed by atoms with E-state index in [1.807, 2.05) is 0 Å². The third-order valence-electron chi connectivity index (χ3n) is 4.78. The zero-order valence-electron chi connectivity index (χ0n) is 12.5. The molecule has 1 aromatic rings. The van der Waals surface area contributed by atoms with Gasteiger partial charge >= 0.3 is 0 Å². The molecule has 0 aliphatic carbocycles. The molecule has 108 valence electrons. The average Bonchev–Trinajstić information content (AvgIpc) is 2.63. The largest absolute Gasteiger partial charge is 0.351 e. The van der Waals surface area contributed by atoms with E-state index in [9.17, 15) is 4.79 Å². The summed E-state index contributed by atoms with van der Waals surface area (Å²) in [6.45, 7) is 7.32. The van der Waals surface area contributed by atoms with Gasteiger partial charge in [0.05, 0.1) is 5.41 Å². The second kappa shape index (κ2) is 4.88. The van der Waals surface area contributed by atoms with Crippen molar-refractivity contribution in [2.24, 2.45) is 5.41 Å². The minimum atomic E-state index is -0.101. The van der Waals surface area contributed by atoms with Gasteiger partial charge < -0.3 is 5.32 Å². The zero-order valence-corrected chi connectivity index (χ0v) is 12.5. The molecule has 3 nitrogen and oxygen atoms in total. The topological polar surface area (TPSA) is 32.3 Å². The molecule has 2 aliphatic rings. The van der Waals surface area contributed by atoms with Crippen LogP contribution in [-0.2, 0) is 11.3 Å². The third-order valence-corrected chi connectivity index (χ3v) is 4.78. The van der Waals surface area contributed by atoms with Crippen molar-refractivity contribution in [3.63, 3.8) is 0 Å². The Morgan fingerprint density at radius 3 is 2.35 bits per heavy atom. The summed E-state index contributed by atoms with van der Waals surface area (Å²) in [5.41, 5.74) is 1.23. The lowest BCUT2D eigenvalue weighted by atomic mass is 9.74. The second-order valence-electron chi connectivity index (χ2n) is 7.06. The SMILES string of the molecule is CC1(C)CC2(CCN(Cc3ccccc3)CC2)C(=O)N1. The molecule has 20 heavy (non-hydrogen) atoms. The first-order valence-electron chi connectivity index (χ1n) is 7.58. The molecule has 3 rings (SSSR count). The van der Waals surface area contributed by atoms with Crippen LogP contribution < -0.4 is 5.32 Å². The van der Waals surface area contributed by atoms with Crippen LogP contribution in [0, 0.1) is 5.41 Å². The Morgan fingerprint density at radius 1 is 1.15 bits per heavy atom. The number of nitrogens with one attached hydrogen (secondary N) is 1. The van der Waals surface area contributed by atoms with E-state index >= 15 is 0 Å². The molecular formula is C17H24N2O.